The second kappa shape index (κ2) is 12.5. The molecule has 0 saturated carbocycles. The molecule has 0 radical (unpaired) electrons. The fraction of sp³-hybridized carbons (Fsp3) is 0.538. The van der Waals surface area contributed by atoms with Gasteiger partial charge in [0, 0.05) is 57.7 Å². The Hall–Kier alpha value is -3.20. The van der Waals surface area contributed by atoms with Crippen LogP contribution in [0.1, 0.15) is 58.4 Å². The van der Waals surface area contributed by atoms with Crippen molar-refractivity contribution in [1.29, 1.82) is 0 Å². The Morgan fingerprint density at radius 2 is 2.03 bits per heavy atom. The number of ether oxygens (including phenoxy) is 1. The Labute approximate surface area is 207 Å². The van der Waals surface area contributed by atoms with E-state index in [-0.39, 0.29) is 13.0 Å². The quantitative estimate of drug-likeness (QED) is 0.394. The van der Waals surface area contributed by atoms with Crippen LogP contribution < -0.4 is 15.5 Å². The van der Waals surface area contributed by atoms with E-state index in [0.29, 0.717) is 23.6 Å². The zero-order chi connectivity index (χ0) is 25.4. The third kappa shape index (κ3) is 7.14. The van der Waals surface area contributed by atoms with E-state index < -0.39 is 17.9 Å². The van der Waals surface area contributed by atoms with Crippen molar-refractivity contribution in [3.8, 4) is 0 Å². The SMILES string of the molecule is Cc1cnc(N(C)C)c(C)c1C(=O)N[C@@H](CCOCCCCc1ccc2c(n1)NCCC2)C(=O)O. The van der Waals surface area contributed by atoms with E-state index in [9.17, 15) is 14.7 Å². The van der Waals surface area contributed by atoms with Gasteiger partial charge in [0.1, 0.15) is 17.7 Å². The second-order valence-electron chi connectivity index (χ2n) is 9.22. The Kier molecular flexibility index (Phi) is 9.42. The minimum absolute atomic E-state index is 0.197. The largest absolute Gasteiger partial charge is 0.480 e. The number of rotatable bonds is 12. The molecule has 35 heavy (non-hydrogen) atoms. The molecule has 0 aromatic carbocycles. The lowest BCUT2D eigenvalue weighted by atomic mass is 10.0. The van der Waals surface area contributed by atoms with Gasteiger partial charge in [-0.25, -0.2) is 14.8 Å². The predicted octanol–water partition coefficient (Wildman–Crippen LogP) is 3.13. The Balaban J connectivity index is 1.42. The molecular weight excluding hydrogens is 446 g/mol. The highest BCUT2D eigenvalue weighted by Gasteiger charge is 2.24. The van der Waals surface area contributed by atoms with Gasteiger partial charge in [-0.1, -0.05) is 6.07 Å². The molecule has 0 spiro atoms. The van der Waals surface area contributed by atoms with Crippen molar-refractivity contribution in [2.24, 2.45) is 0 Å². The van der Waals surface area contributed by atoms with Gasteiger partial charge < -0.3 is 25.4 Å². The first kappa shape index (κ1) is 26.4. The van der Waals surface area contributed by atoms with Gasteiger partial charge in [-0.2, -0.15) is 0 Å². The number of carboxylic acids is 1. The highest BCUT2D eigenvalue weighted by molar-refractivity contribution is 5.99. The first-order valence-electron chi connectivity index (χ1n) is 12.3. The Morgan fingerprint density at radius 1 is 1.23 bits per heavy atom. The van der Waals surface area contributed by atoms with Gasteiger partial charge in [-0.3, -0.25) is 4.79 Å². The summed E-state index contributed by atoms with van der Waals surface area (Å²) in [6.45, 7) is 5.39. The lowest BCUT2D eigenvalue weighted by molar-refractivity contribution is -0.139. The number of fused-ring (bicyclic) bond motifs is 1. The number of nitrogens with one attached hydrogen (secondary N) is 2. The maximum atomic E-state index is 12.9. The van der Waals surface area contributed by atoms with E-state index in [2.05, 4.69) is 27.8 Å². The molecule has 3 N–H and O–H groups in total. The van der Waals surface area contributed by atoms with Crippen molar-refractivity contribution in [3.05, 3.63) is 46.3 Å². The van der Waals surface area contributed by atoms with E-state index in [1.807, 2.05) is 25.9 Å². The molecular formula is C26H37N5O4. The standard InChI is InChI=1S/C26H37N5O4/c1-17-16-28-24(31(3)4)18(2)22(17)25(32)30-21(26(33)34)12-15-35-14-6-5-9-20-11-10-19-8-7-13-27-23(19)29-20/h10-11,16,21H,5-9,12-15H2,1-4H3,(H,27,29)(H,30,32)(H,33,34)/t21-/m0/s1. The molecule has 9 heteroatoms. The number of carbonyl (C=O) groups is 2. The fourth-order valence-corrected chi connectivity index (χ4v) is 4.34. The normalized spacial score (nSPS) is 13.5. The van der Waals surface area contributed by atoms with Crippen LogP contribution in [-0.2, 0) is 22.4 Å². The van der Waals surface area contributed by atoms with Crippen molar-refractivity contribution in [1.82, 2.24) is 15.3 Å². The van der Waals surface area contributed by atoms with E-state index in [4.69, 9.17) is 9.72 Å². The summed E-state index contributed by atoms with van der Waals surface area (Å²) in [4.78, 5) is 35.5. The van der Waals surface area contributed by atoms with Crippen LogP contribution in [0, 0.1) is 13.8 Å². The summed E-state index contributed by atoms with van der Waals surface area (Å²) in [6.07, 6.45) is 6.75. The van der Waals surface area contributed by atoms with E-state index in [0.717, 1.165) is 55.7 Å². The van der Waals surface area contributed by atoms with Crippen LogP contribution in [0.15, 0.2) is 18.3 Å². The van der Waals surface area contributed by atoms with Crippen LogP contribution in [0.2, 0.25) is 0 Å². The van der Waals surface area contributed by atoms with Gasteiger partial charge in [0.25, 0.3) is 5.91 Å². The fourth-order valence-electron chi connectivity index (χ4n) is 4.34. The highest BCUT2D eigenvalue weighted by atomic mass is 16.5. The van der Waals surface area contributed by atoms with Crippen LogP contribution in [0.3, 0.4) is 0 Å². The molecule has 1 atom stereocenters. The van der Waals surface area contributed by atoms with Gasteiger partial charge >= 0.3 is 5.97 Å². The molecule has 3 heterocycles. The molecule has 2 aromatic heterocycles. The molecule has 3 rings (SSSR count). The van der Waals surface area contributed by atoms with Crippen LogP contribution in [0.4, 0.5) is 11.6 Å². The molecule has 1 aliphatic rings. The number of hydrogen-bond donors (Lipinski definition) is 3. The minimum atomic E-state index is -1.08. The van der Waals surface area contributed by atoms with Gasteiger partial charge in [0.05, 0.1) is 5.56 Å². The zero-order valence-corrected chi connectivity index (χ0v) is 21.2. The van der Waals surface area contributed by atoms with Crippen LogP contribution in [0.25, 0.3) is 0 Å². The van der Waals surface area contributed by atoms with Crippen molar-refractivity contribution in [3.63, 3.8) is 0 Å². The average molecular weight is 484 g/mol. The summed E-state index contributed by atoms with van der Waals surface area (Å²) in [5, 5.41) is 15.6. The summed E-state index contributed by atoms with van der Waals surface area (Å²) < 4.78 is 5.66. The number of aromatic nitrogens is 2. The number of pyridine rings is 2. The lowest BCUT2D eigenvalue weighted by Gasteiger charge is -2.20. The molecule has 0 fully saturated rings. The maximum Gasteiger partial charge on any atom is 0.326 e. The monoisotopic (exact) mass is 483 g/mol. The van der Waals surface area contributed by atoms with Gasteiger partial charge in [0.15, 0.2) is 0 Å². The van der Waals surface area contributed by atoms with E-state index >= 15 is 0 Å². The van der Waals surface area contributed by atoms with Crippen molar-refractivity contribution >= 4 is 23.5 Å². The van der Waals surface area contributed by atoms with Crippen LogP contribution in [-0.4, -0.2) is 66.8 Å². The number of aryl methyl sites for hydroxylation is 3. The summed E-state index contributed by atoms with van der Waals surface area (Å²) in [6, 6.07) is 3.24. The van der Waals surface area contributed by atoms with Gasteiger partial charge in [0.2, 0.25) is 0 Å². The van der Waals surface area contributed by atoms with Crippen molar-refractivity contribution in [2.75, 3.05) is 44.1 Å². The molecule has 2 aromatic rings. The topological polar surface area (TPSA) is 117 Å². The average Bonchev–Trinajstić information content (AvgIpc) is 2.82. The Morgan fingerprint density at radius 3 is 2.77 bits per heavy atom. The number of aliphatic carboxylic acids is 1. The van der Waals surface area contributed by atoms with Crippen LogP contribution >= 0.6 is 0 Å². The number of carboxylic acid groups (broad SMARTS) is 1. The smallest absolute Gasteiger partial charge is 0.326 e. The summed E-state index contributed by atoms with van der Waals surface area (Å²) >= 11 is 0. The van der Waals surface area contributed by atoms with E-state index in [1.54, 1.807) is 13.1 Å². The molecule has 190 valence electrons. The first-order valence-corrected chi connectivity index (χ1v) is 12.3. The molecule has 0 unspecified atom stereocenters. The number of carbonyl (C=O) groups excluding carboxylic acids is 1. The number of nitrogens with zero attached hydrogens (tertiary/aromatic N) is 3. The molecule has 1 aliphatic heterocycles. The van der Waals surface area contributed by atoms with Crippen LogP contribution in [0.5, 0.6) is 0 Å². The first-order chi connectivity index (χ1) is 16.8. The highest BCUT2D eigenvalue weighted by Crippen LogP contribution is 2.22. The number of anilines is 2. The van der Waals surface area contributed by atoms with E-state index in [1.165, 1.54) is 5.56 Å². The Bertz CT molecular complexity index is 1040. The molecule has 0 bridgehead atoms. The minimum Gasteiger partial charge on any atom is -0.480 e. The number of unbranched alkanes of at least 4 members (excludes halogenated alkanes) is 1. The lowest BCUT2D eigenvalue weighted by Crippen LogP contribution is -2.42. The zero-order valence-electron chi connectivity index (χ0n) is 21.2. The van der Waals surface area contributed by atoms with Gasteiger partial charge in [-0.05, 0) is 63.1 Å². The molecule has 1 amide bonds. The second-order valence-corrected chi connectivity index (χ2v) is 9.22. The molecule has 9 nitrogen and oxygen atoms in total. The third-order valence-corrected chi connectivity index (χ3v) is 6.21. The third-order valence-electron chi connectivity index (χ3n) is 6.21. The maximum absolute atomic E-state index is 12.9. The molecule has 0 saturated heterocycles. The summed E-state index contributed by atoms with van der Waals surface area (Å²) in [7, 11) is 3.70. The number of hydrogen-bond acceptors (Lipinski definition) is 7. The van der Waals surface area contributed by atoms with Crippen molar-refractivity contribution < 1.29 is 19.4 Å². The summed E-state index contributed by atoms with van der Waals surface area (Å²) in [5.41, 5.74) is 4.25. The van der Waals surface area contributed by atoms with Gasteiger partial charge in [-0.15, -0.1) is 0 Å². The number of amides is 1. The predicted molar refractivity (Wildman–Crippen MR) is 136 cm³/mol. The molecule has 0 aliphatic carbocycles. The van der Waals surface area contributed by atoms with Crippen molar-refractivity contribution in [2.45, 2.75) is 58.4 Å². The summed E-state index contributed by atoms with van der Waals surface area (Å²) in [5.74, 6) is 0.204.